The molecule has 0 aliphatic heterocycles. The van der Waals surface area contributed by atoms with Crippen molar-refractivity contribution in [2.45, 2.75) is 22.8 Å². The molecular weight excluding hydrogens is 351 g/mol. The van der Waals surface area contributed by atoms with E-state index in [0.29, 0.717) is 5.69 Å². The number of halogens is 1. The molecule has 1 amide bonds. The highest BCUT2D eigenvalue weighted by atomic mass is 32.2. The maximum absolute atomic E-state index is 12.9. The fraction of sp³-hybridized carbons (Fsp3) is 0.188. The van der Waals surface area contributed by atoms with Gasteiger partial charge in [0.05, 0.1) is 10.9 Å². The average molecular weight is 368 g/mol. The van der Waals surface area contributed by atoms with Gasteiger partial charge in [0.25, 0.3) is 0 Å². The van der Waals surface area contributed by atoms with Gasteiger partial charge in [0.2, 0.25) is 15.9 Å². The number of hydrogen-bond donors (Lipinski definition) is 2. The van der Waals surface area contributed by atoms with Crippen LogP contribution < -0.4 is 10.0 Å². The van der Waals surface area contributed by atoms with Gasteiger partial charge in [-0.3, -0.25) is 4.79 Å². The molecule has 0 spiro atoms. The summed E-state index contributed by atoms with van der Waals surface area (Å²) in [6.45, 7) is 1.44. The number of nitrogens with one attached hydrogen (secondary N) is 2. The molecule has 0 bridgehead atoms. The molecular formula is C16H17FN2O3S2. The summed E-state index contributed by atoms with van der Waals surface area (Å²) in [4.78, 5) is 13.0. The summed E-state index contributed by atoms with van der Waals surface area (Å²) >= 11 is 1.53. The minimum absolute atomic E-state index is 0.104. The summed E-state index contributed by atoms with van der Waals surface area (Å²) in [7, 11) is -3.91. The molecule has 2 aromatic rings. The van der Waals surface area contributed by atoms with Crippen LogP contribution >= 0.6 is 11.8 Å². The highest BCUT2D eigenvalue weighted by Crippen LogP contribution is 2.19. The van der Waals surface area contributed by atoms with Crippen LogP contribution in [0, 0.1) is 5.82 Å². The number of thioether (sulfide) groups is 1. The number of benzene rings is 2. The lowest BCUT2D eigenvalue weighted by atomic mass is 10.3. The van der Waals surface area contributed by atoms with Gasteiger partial charge in [-0.05, 0) is 55.6 Å². The van der Waals surface area contributed by atoms with Gasteiger partial charge in [-0.2, -0.15) is 4.72 Å². The maximum atomic E-state index is 12.9. The Morgan fingerprint density at radius 1 is 1.17 bits per heavy atom. The summed E-state index contributed by atoms with van der Waals surface area (Å²) in [6, 6.07) is 10.6. The first-order valence-electron chi connectivity index (χ1n) is 7.04. The fourth-order valence-corrected chi connectivity index (χ4v) is 3.58. The van der Waals surface area contributed by atoms with E-state index in [9.17, 15) is 17.6 Å². The van der Waals surface area contributed by atoms with E-state index in [1.807, 2.05) is 12.3 Å². The van der Waals surface area contributed by atoms with Gasteiger partial charge in [-0.25, -0.2) is 12.8 Å². The summed E-state index contributed by atoms with van der Waals surface area (Å²) in [6.07, 6.45) is 1.92. The topological polar surface area (TPSA) is 75.3 Å². The Morgan fingerprint density at radius 2 is 1.83 bits per heavy atom. The van der Waals surface area contributed by atoms with Crippen molar-refractivity contribution >= 4 is 33.4 Å². The van der Waals surface area contributed by atoms with Crippen molar-refractivity contribution in [3.05, 3.63) is 54.3 Å². The standard InChI is InChI=1S/C16H17FN2O3S2/c1-11(16(20)18-13-4-3-5-14(10-13)23-2)19-24(21,22)15-8-6-12(17)7-9-15/h3-11,19H,1-2H3,(H,18,20)/t11-/m1/s1. The maximum Gasteiger partial charge on any atom is 0.242 e. The molecule has 2 N–H and O–H groups in total. The van der Waals surface area contributed by atoms with Crippen LogP contribution in [0.1, 0.15) is 6.92 Å². The largest absolute Gasteiger partial charge is 0.325 e. The van der Waals surface area contributed by atoms with Crippen molar-refractivity contribution in [1.29, 1.82) is 0 Å². The van der Waals surface area contributed by atoms with E-state index in [4.69, 9.17) is 0 Å². The zero-order valence-electron chi connectivity index (χ0n) is 13.1. The molecule has 2 rings (SSSR count). The summed E-state index contributed by atoms with van der Waals surface area (Å²) in [5.41, 5.74) is 0.583. The van der Waals surface area contributed by atoms with Crippen molar-refractivity contribution in [3.8, 4) is 0 Å². The molecule has 0 aliphatic carbocycles. The summed E-state index contributed by atoms with van der Waals surface area (Å²) < 4.78 is 39.6. The Balaban J connectivity index is 2.06. The van der Waals surface area contributed by atoms with Gasteiger partial charge in [-0.15, -0.1) is 11.8 Å². The van der Waals surface area contributed by atoms with Gasteiger partial charge in [0.15, 0.2) is 0 Å². The quantitative estimate of drug-likeness (QED) is 0.769. The number of carbonyl (C=O) groups excluding carboxylic acids is 1. The first kappa shape index (κ1) is 18.4. The van der Waals surface area contributed by atoms with Crippen molar-refractivity contribution in [1.82, 2.24) is 4.72 Å². The highest BCUT2D eigenvalue weighted by Gasteiger charge is 2.22. The Hall–Kier alpha value is -1.90. The molecule has 0 fully saturated rings. The minimum Gasteiger partial charge on any atom is -0.325 e. The normalized spacial score (nSPS) is 12.6. The molecule has 0 heterocycles. The molecule has 0 aromatic heterocycles. The molecule has 128 valence electrons. The SMILES string of the molecule is CSc1cccc(NC(=O)[C@@H](C)NS(=O)(=O)c2ccc(F)cc2)c1. The van der Waals surface area contributed by atoms with Crippen molar-refractivity contribution in [3.63, 3.8) is 0 Å². The molecule has 24 heavy (non-hydrogen) atoms. The number of hydrogen-bond acceptors (Lipinski definition) is 4. The van der Waals surface area contributed by atoms with E-state index in [2.05, 4.69) is 10.0 Å². The Bertz CT molecular complexity index is 823. The Labute approximate surface area is 144 Å². The number of anilines is 1. The van der Waals surface area contributed by atoms with Crippen LogP contribution in [-0.4, -0.2) is 26.6 Å². The summed E-state index contributed by atoms with van der Waals surface area (Å²) in [5.74, 6) is -1.02. The van der Waals surface area contributed by atoms with Crippen molar-refractivity contribution < 1.29 is 17.6 Å². The number of carbonyl (C=O) groups is 1. The van der Waals surface area contributed by atoms with Crippen molar-refractivity contribution in [2.75, 3.05) is 11.6 Å². The van der Waals surface area contributed by atoms with Crippen molar-refractivity contribution in [2.24, 2.45) is 0 Å². The molecule has 5 nitrogen and oxygen atoms in total. The van der Waals surface area contributed by atoms with Crippen LogP contribution in [0.5, 0.6) is 0 Å². The van der Waals surface area contributed by atoms with E-state index in [-0.39, 0.29) is 4.90 Å². The van der Waals surface area contributed by atoms with Gasteiger partial charge in [0, 0.05) is 10.6 Å². The van der Waals surface area contributed by atoms with Gasteiger partial charge >= 0.3 is 0 Å². The highest BCUT2D eigenvalue weighted by molar-refractivity contribution is 7.98. The van der Waals surface area contributed by atoms with E-state index in [1.54, 1.807) is 18.2 Å². The second-order valence-electron chi connectivity index (χ2n) is 5.02. The number of rotatable bonds is 6. The first-order chi connectivity index (χ1) is 11.3. The molecule has 0 aliphatic rings. The van der Waals surface area contributed by atoms with Crippen LogP contribution in [-0.2, 0) is 14.8 Å². The third-order valence-electron chi connectivity index (χ3n) is 3.19. The van der Waals surface area contributed by atoms with Gasteiger partial charge < -0.3 is 5.32 Å². The predicted octanol–water partition coefficient (Wildman–Crippen LogP) is 2.85. The van der Waals surface area contributed by atoms with Crippen LogP contribution in [0.15, 0.2) is 58.3 Å². The van der Waals surface area contributed by atoms with Gasteiger partial charge in [-0.1, -0.05) is 6.07 Å². The Morgan fingerprint density at radius 3 is 2.46 bits per heavy atom. The van der Waals surface area contributed by atoms with Crippen LogP contribution in [0.25, 0.3) is 0 Å². The third kappa shape index (κ3) is 4.80. The number of amides is 1. The Kier molecular flexibility index (Phi) is 5.98. The first-order valence-corrected chi connectivity index (χ1v) is 9.75. The predicted molar refractivity (Wildman–Crippen MR) is 93.0 cm³/mol. The van der Waals surface area contributed by atoms with Crippen LogP contribution in [0.4, 0.5) is 10.1 Å². The molecule has 2 aromatic carbocycles. The summed E-state index contributed by atoms with van der Waals surface area (Å²) in [5, 5.41) is 2.66. The zero-order valence-corrected chi connectivity index (χ0v) is 14.7. The second kappa shape index (κ2) is 7.78. The lowest BCUT2D eigenvalue weighted by Crippen LogP contribution is -2.41. The van der Waals surface area contributed by atoms with E-state index in [0.717, 1.165) is 29.2 Å². The lowest BCUT2D eigenvalue weighted by Gasteiger charge is -2.15. The van der Waals surface area contributed by atoms with E-state index >= 15 is 0 Å². The van der Waals surface area contributed by atoms with E-state index in [1.165, 1.54) is 18.7 Å². The average Bonchev–Trinajstić information content (AvgIpc) is 2.55. The minimum atomic E-state index is -3.91. The fourth-order valence-electron chi connectivity index (χ4n) is 1.92. The smallest absolute Gasteiger partial charge is 0.242 e. The van der Waals surface area contributed by atoms with Crippen LogP contribution in [0.2, 0.25) is 0 Å². The lowest BCUT2D eigenvalue weighted by molar-refractivity contribution is -0.117. The molecule has 1 atom stereocenters. The monoisotopic (exact) mass is 368 g/mol. The van der Waals surface area contributed by atoms with Gasteiger partial charge in [0.1, 0.15) is 5.82 Å². The molecule has 0 radical (unpaired) electrons. The van der Waals surface area contributed by atoms with E-state index < -0.39 is 27.8 Å². The number of sulfonamides is 1. The molecule has 0 saturated carbocycles. The zero-order chi connectivity index (χ0) is 17.7. The van der Waals surface area contributed by atoms with Crippen LogP contribution in [0.3, 0.4) is 0 Å². The molecule has 0 unspecified atom stereocenters. The second-order valence-corrected chi connectivity index (χ2v) is 7.61. The molecule has 0 saturated heterocycles. The molecule has 8 heteroatoms. The third-order valence-corrected chi connectivity index (χ3v) is 5.47.